The lowest BCUT2D eigenvalue weighted by Gasteiger charge is -2.16. The van der Waals surface area contributed by atoms with Crippen LogP contribution in [0.25, 0.3) is 0 Å². The lowest BCUT2D eigenvalue weighted by molar-refractivity contribution is -0.0888. The molecule has 0 aromatic carbocycles. The zero-order valence-corrected chi connectivity index (χ0v) is 8.70. The number of H-pyrrole nitrogens is 1. The molecule has 15 heavy (non-hydrogen) atoms. The number of hydrogen-bond acceptors (Lipinski definition) is 1. The Bertz CT molecular complexity index is 371. The molecule has 0 aliphatic heterocycles. The summed E-state index contributed by atoms with van der Waals surface area (Å²) < 4.78 is 36.2. The number of carbonyl (C=O) groups is 1. The van der Waals surface area contributed by atoms with Gasteiger partial charge < -0.3 is 4.98 Å². The van der Waals surface area contributed by atoms with E-state index >= 15 is 0 Å². The lowest BCUT2D eigenvalue weighted by Crippen LogP contribution is -2.23. The fourth-order valence-corrected chi connectivity index (χ4v) is 1.12. The van der Waals surface area contributed by atoms with E-state index < -0.39 is 17.7 Å². The highest BCUT2D eigenvalue weighted by atomic mass is 19.4. The van der Waals surface area contributed by atoms with Crippen molar-refractivity contribution in [3.63, 3.8) is 0 Å². The van der Waals surface area contributed by atoms with Crippen molar-refractivity contribution in [1.82, 2.24) is 4.98 Å². The fourth-order valence-electron chi connectivity index (χ4n) is 1.12. The highest BCUT2D eigenvalue weighted by Crippen LogP contribution is 2.25. The molecule has 5 heteroatoms. The molecule has 1 aromatic heterocycles. The van der Waals surface area contributed by atoms with E-state index in [0.29, 0.717) is 5.69 Å². The number of aromatic nitrogens is 1. The maximum Gasteiger partial charge on any atom is 0.456 e. The minimum absolute atomic E-state index is 0.301. The SMILES string of the molecule is CC(C)(C)c1ccc(C(=O)C(F)(F)F)[nH]1. The molecule has 2 nitrogen and oxygen atoms in total. The summed E-state index contributed by atoms with van der Waals surface area (Å²) in [6.45, 7) is 5.54. The molecule has 1 rings (SSSR count). The van der Waals surface area contributed by atoms with Crippen LogP contribution < -0.4 is 0 Å². The number of alkyl halides is 3. The van der Waals surface area contributed by atoms with Crippen molar-refractivity contribution in [3.05, 3.63) is 23.5 Å². The van der Waals surface area contributed by atoms with E-state index in [9.17, 15) is 18.0 Å². The number of aromatic amines is 1. The first-order valence-corrected chi connectivity index (χ1v) is 4.43. The minimum Gasteiger partial charge on any atom is -0.355 e. The van der Waals surface area contributed by atoms with Crippen molar-refractivity contribution >= 4 is 5.78 Å². The molecule has 1 aromatic rings. The summed E-state index contributed by atoms with van der Waals surface area (Å²) in [6.07, 6.45) is -4.82. The largest absolute Gasteiger partial charge is 0.456 e. The Hall–Kier alpha value is -1.26. The molecule has 0 saturated heterocycles. The van der Waals surface area contributed by atoms with Crippen LogP contribution in [0.4, 0.5) is 13.2 Å². The Balaban J connectivity index is 3.01. The van der Waals surface area contributed by atoms with Gasteiger partial charge in [-0.1, -0.05) is 20.8 Å². The monoisotopic (exact) mass is 219 g/mol. The Labute approximate surface area is 85.5 Å². The van der Waals surface area contributed by atoms with Crippen LogP contribution in [0.1, 0.15) is 37.0 Å². The van der Waals surface area contributed by atoms with Gasteiger partial charge in [-0.25, -0.2) is 0 Å². The van der Waals surface area contributed by atoms with E-state index in [-0.39, 0.29) is 5.41 Å². The third kappa shape index (κ3) is 2.61. The Morgan fingerprint density at radius 1 is 1.20 bits per heavy atom. The summed E-state index contributed by atoms with van der Waals surface area (Å²) in [5, 5.41) is 0. The average Bonchev–Trinajstić information content (AvgIpc) is 2.47. The van der Waals surface area contributed by atoms with E-state index in [2.05, 4.69) is 4.98 Å². The second kappa shape index (κ2) is 3.40. The summed E-state index contributed by atoms with van der Waals surface area (Å²) in [6, 6.07) is 2.66. The van der Waals surface area contributed by atoms with Crippen LogP contribution in [0.3, 0.4) is 0 Å². The summed E-state index contributed by atoms with van der Waals surface area (Å²) in [7, 11) is 0. The zero-order valence-electron chi connectivity index (χ0n) is 8.70. The quantitative estimate of drug-likeness (QED) is 0.723. The van der Waals surface area contributed by atoms with Crippen molar-refractivity contribution in [2.75, 3.05) is 0 Å². The minimum atomic E-state index is -4.82. The van der Waals surface area contributed by atoms with Crippen LogP contribution in [-0.4, -0.2) is 16.9 Å². The van der Waals surface area contributed by atoms with Gasteiger partial charge >= 0.3 is 6.18 Å². The molecule has 0 bridgehead atoms. The second-order valence-electron chi connectivity index (χ2n) is 4.36. The highest BCUT2D eigenvalue weighted by molar-refractivity contribution is 5.98. The third-order valence-corrected chi connectivity index (χ3v) is 2.00. The van der Waals surface area contributed by atoms with Crippen LogP contribution in [-0.2, 0) is 5.41 Å². The predicted molar refractivity (Wildman–Crippen MR) is 49.9 cm³/mol. The molecule has 0 aliphatic rings. The molecule has 0 amide bonds. The van der Waals surface area contributed by atoms with Crippen LogP contribution in [0.15, 0.2) is 12.1 Å². The van der Waals surface area contributed by atoms with Gasteiger partial charge in [-0.3, -0.25) is 4.79 Å². The third-order valence-electron chi connectivity index (χ3n) is 2.00. The molecular weight excluding hydrogens is 207 g/mol. The van der Waals surface area contributed by atoms with E-state index in [1.807, 2.05) is 20.8 Å². The number of hydrogen-bond donors (Lipinski definition) is 1. The number of Topliss-reactive ketones (excluding diaryl/α,β-unsaturated/α-hetero) is 1. The normalized spacial score (nSPS) is 12.9. The molecule has 0 fully saturated rings. The van der Waals surface area contributed by atoms with Crippen molar-refractivity contribution in [1.29, 1.82) is 0 Å². The van der Waals surface area contributed by atoms with Gasteiger partial charge in [0.25, 0.3) is 5.78 Å². The molecule has 0 aliphatic carbocycles. The Morgan fingerprint density at radius 3 is 2.07 bits per heavy atom. The van der Waals surface area contributed by atoms with Gasteiger partial charge in [-0.2, -0.15) is 13.2 Å². The van der Waals surface area contributed by atoms with Crippen molar-refractivity contribution in [2.24, 2.45) is 0 Å². The molecule has 0 radical (unpaired) electrons. The highest BCUT2D eigenvalue weighted by Gasteiger charge is 2.40. The first-order chi connectivity index (χ1) is 6.62. The van der Waals surface area contributed by atoms with Crippen LogP contribution >= 0.6 is 0 Å². The zero-order chi connectivity index (χ0) is 11.9. The maximum absolute atomic E-state index is 12.1. The molecule has 1 heterocycles. The number of rotatable bonds is 1. The van der Waals surface area contributed by atoms with Gasteiger partial charge in [0.05, 0.1) is 5.69 Å². The van der Waals surface area contributed by atoms with Crippen molar-refractivity contribution in [2.45, 2.75) is 32.4 Å². The van der Waals surface area contributed by atoms with Gasteiger partial charge in [0.1, 0.15) is 0 Å². The fraction of sp³-hybridized carbons (Fsp3) is 0.500. The van der Waals surface area contributed by atoms with E-state index in [1.165, 1.54) is 6.07 Å². The molecule has 0 unspecified atom stereocenters. The van der Waals surface area contributed by atoms with Crippen LogP contribution in [0, 0.1) is 0 Å². The van der Waals surface area contributed by atoms with E-state index in [0.717, 1.165) is 6.07 Å². The standard InChI is InChI=1S/C10H12F3NO/c1-9(2,3)7-5-4-6(14-7)8(15)10(11,12)13/h4-5,14H,1-3H3. The summed E-state index contributed by atoms with van der Waals surface area (Å²) >= 11 is 0. The Morgan fingerprint density at radius 2 is 1.73 bits per heavy atom. The number of ketones is 1. The van der Waals surface area contributed by atoms with Crippen molar-refractivity contribution in [3.8, 4) is 0 Å². The number of nitrogens with one attached hydrogen (secondary N) is 1. The first-order valence-electron chi connectivity index (χ1n) is 4.43. The van der Waals surface area contributed by atoms with E-state index in [4.69, 9.17) is 0 Å². The van der Waals surface area contributed by atoms with Gasteiger partial charge in [0.15, 0.2) is 0 Å². The smallest absolute Gasteiger partial charge is 0.355 e. The van der Waals surface area contributed by atoms with Crippen LogP contribution in [0.5, 0.6) is 0 Å². The molecular formula is C10H12F3NO. The van der Waals surface area contributed by atoms with Gasteiger partial charge in [-0.05, 0) is 12.1 Å². The topological polar surface area (TPSA) is 32.9 Å². The van der Waals surface area contributed by atoms with Gasteiger partial charge in [-0.15, -0.1) is 0 Å². The average molecular weight is 219 g/mol. The maximum atomic E-state index is 12.1. The summed E-state index contributed by atoms with van der Waals surface area (Å²) in [5.74, 6) is -1.84. The first kappa shape index (κ1) is 11.8. The predicted octanol–water partition coefficient (Wildman–Crippen LogP) is 3.06. The molecule has 1 N–H and O–H groups in total. The molecule has 0 atom stereocenters. The van der Waals surface area contributed by atoms with Crippen LogP contribution in [0.2, 0.25) is 0 Å². The Kier molecular flexibility index (Phi) is 2.67. The molecule has 84 valence electrons. The molecule has 0 spiro atoms. The molecule has 0 saturated carbocycles. The second-order valence-corrected chi connectivity index (χ2v) is 4.36. The van der Waals surface area contributed by atoms with E-state index in [1.54, 1.807) is 0 Å². The number of carbonyl (C=O) groups excluding carboxylic acids is 1. The van der Waals surface area contributed by atoms with Gasteiger partial charge in [0.2, 0.25) is 0 Å². The summed E-state index contributed by atoms with van der Waals surface area (Å²) in [4.78, 5) is 13.3. The van der Waals surface area contributed by atoms with Crippen molar-refractivity contribution < 1.29 is 18.0 Å². The van der Waals surface area contributed by atoms with Gasteiger partial charge in [0, 0.05) is 11.1 Å². The number of halogens is 3. The summed E-state index contributed by atoms with van der Waals surface area (Å²) in [5.41, 5.74) is -0.105. The lowest BCUT2D eigenvalue weighted by atomic mass is 9.93.